The number of fused-ring (bicyclic) bond motifs is 1. The molecule has 0 fully saturated rings. The van der Waals surface area contributed by atoms with Gasteiger partial charge in [0.25, 0.3) is 0 Å². The highest BCUT2D eigenvalue weighted by atomic mass is 127. The van der Waals surface area contributed by atoms with E-state index in [1.165, 1.54) is 19.5 Å². The highest BCUT2D eigenvalue weighted by Gasteiger charge is 2.16. The molecular formula is C16H14BrIN2S. The Morgan fingerprint density at radius 1 is 1.29 bits per heavy atom. The van der Waals surface area contributed by atoms with E-state index in [0.717, 1.165) is 10.1 Å². The Hall–Kier alpha value is -0.660. The Bertz CT molecular complexity index is 840. The summed E-state index contributed by atoms with van der Waals surface area (Å²) in [6.07, 6.45) is 1.87. The van der Waals surface area contributed by atoms with E-state index in [9.17, 15) is 0 Å². The van der Waals surface area contributed by atoms with Crippen molar-refractivity contribution in [1.82, 2.24) is 8.96 Å². The summed E-state index contributed by atoms with van der Waals surface area (Å²) in [5, 5.41) is 3.46. The molecule has 1 aromatic carbocycles. The number of nitrogens with zero attached hydrogens (tertiary/aromatic N) is 2. The van der Waals surface area contributed by atoms with Gasteiger partial charge in [-0.05, 0) is 75.9 Å². The molecule has 0 saturated carbocycles. The van der Waals surface area contributed by atoms with Gasteiger partial charge in [0.2, 0.25) is 0 Å². The maximum absolute atomic E-state index is 4.65. The molecule has 0 amide bonds. The van der Waals surface area contributed by atoms with Crippen molar-refractivity contribution in [3.63, 3.8) is 0 Å². The van der Waals surface area contributed by atoms with Crippen LogP contribution in [0.5, 0.6) is 0 Å². The van der Waals surface area contributed by atoms with Crippen molar-refractivity contribution in [3.8, 4) is 0 Å². The van der Waals surface area contributed by atoms with Gasteiger partial charge in [-0.15, -0.1) is 0 Å². The average molecular weight is 473 g/mol. The highest BCUT2D eigenvalue weighted by molar-refractivity contribution is 14.1. The standard InChI is InChI=1S/C16H14BrIN2S/c1-3-21(13-7-5-4-6-8-13)20-11(2)15(18)14-9-12(17)10-19-16(14)20/h3-10H,1-2H3. The largest absolute Gasteiger partial charge is 0.273 e. The van der Waals surface area contributed by atoms with Gasteiger partial charge in [-0.1, -0.05) is 28.9 Å². The van der Waals surface area contributed by atoms with Gasteiger partial charge in [0, 0.05) is 30.2 Å². The molecule has 1 atom stereocenters. The molecule has 0 bridgehead atoms. The van der Waals surface area contributed by atoms with Crippen LogP contribution in [0.3, 0.4) is 0 Å². The van der Waals surface area contributed by atoms with E-state index < -0.39 is 0 Å². The van der Waals surface area contributed by atoms with Crippen molar-refractivity contribution in [2.75, 3.05) is 0 Å². The van der Waals surface area contributed by atoms with E-state index in [1.54, 1.807) is 0 Å². The molecule has 2 aromatic heterocycles. The van der Waals surface area contributed by atoms with Crippen LogP contribution >= 0.6 is 49.2 Å². The molecule has 108 valence electrons. The lowest BCUT2D eigenvalue weighted by molar-refractivity contribution is 1.16. The van der Waals surface area contributed by atoms with Crippen LogP contribution in [0.2, 0.25) is 0 Å². The van der Waals surface area contributed by atoms with Gasteiger partial charge < -0.3 is 0 Å². The molecule has 5 heteroatoms. The first-order chi connectivity index (χ1) is 10.1. The zero-order valence-electron chi connectivity index (χ0n) is 11.7. The zero-order valence-corrected chi connectivity index (χ0v) is 16.2. The van der Waals surface area contributed by atoms with E-state index in [0.29, 0.717) is 0 Å². The summed E-state index contributed by atoms with van der Waals surface area (Å²) >= 11 is 5.94. The van der Waals surface area contributed by atoms with E-state index in [-0.39, 0.29) is 10.7 Å². The van der Waals surface area contributed by atoms with Crippen LogP contribution in [0.25, 0.3) is 11.0 Å². The number of pyridine rings is 1. The number of benzene rings is 1. The molecule has 1 unspecified atom stereocenters. The van der Waals surface area contributed by atoms with Gasteiger partial charge in [-0.3, -0.25) is 3.97 Å². The normalized spacial score (nSPS) is 13.0. The second kappa shape index (κ2) is 6.22. The van der Waals surface area contributed by atoms with Crippen molar-refractivity contribution >= 4 is 65.6 Å². The van der Waals surface area contributed by atoms with Gasteiger partial charge in [-0.25, -0.2) is 4.98 Å². The molecule has 0 aliphatic rings. The van der Waals surface area contributed by atoms with Gasteiger partial charge in [-0.2, -0.15) is 0 Å². The molecule has 3 rings (SSSR count). The Balaban J connectivity index is 2.32. The Labute approximate surface area is 148 Å². The molecule has 0 saturated heterocycles. The fraction of sp³-hybridized carbons (Fsp3) is 0.125. The van der Waals surface area contributed by atoms with E-state index in [1.807, 2.05) is 6.20 Å². The van der Waals surface area contributed by atoms with Crippen molar-refractivity contribution in [2.24, 2.45) is 0 Å². The fourth-order valence-electron chi connectivity index (χ4n) is 2.35. The Morgan fingerprint density at radius 3 is 2.67 bits per heavy atom. The van der Waals surface area contributed by atoms with Crippen molar-refractivity contribution < 1.29 is 0 Å². The maximum Gasteiger partial charge on any atom is 0.151 e. The number of rotatable bonds is 2. The van der Waals surface area contributed by atoms with Crippen LogP contribution in [-0.4, -0.2) is 14.3 Å². The topological polar surface area (TPSA) is 17.8 Å². The highest BCUT2D eigenvalue weighted by Crippen LogP contribution is 2.37. The monoisotopic (exact) mass is 472 g/mol. The van der Waals surface area contributed by atoms with Crippen LogP contribution in [0, 0.1) is 10.5 Å². The first-order valence-electron chi connectivity index (χ1n) is 6.53. The average Bonchev–Trinajstić information content (AvgIpc) is 2.74. The van der Waals surface area contributed by atoms with Crippen LogP contribution in [0.15, 0.2) is 52.0 Å². The van der Waals surface area contributed by atoms with Crippen molar-refractivity contribution in [1.29, 1.82) is 0 Å². The number of aromatic nitrogens is 2. The van der Waals surface area contributed by atoms with Crippen LogP contribution in [0.4, 0.5) is 0 Å². The van der Waals surface area contributed by atoms with Crippen LogP contribution in [-0.2, 0) is 0 Å². The Morgan fingerprint density at radius 2 is 2.00 bits per heavy atom. The zero-order chi connectivity index (χ0) is 15.0. The van der Waals surface area contributed by atoms with Crippen LogP contribution in [0.1, 0.15) is 12.6 Å². The van der Waals surface area contributed by atoms with E-state index >= 15 is 0 Å². The summed E-state index contributed by atoms with van der Waals surface area (Å²) in [6.45, 7) is 4.29. The number of hydrogen-bond acceptors (Lipinski definition) is 1. The first kappa shape index (κ1) is 15.2. The lowest BCUT2D eigenvalue weighted by Gasteiger charge is -2.14. The molecule has 3 aromatic rings. The molecule has 0 N–H and O–H groups in total. The third kappa shape index (κ3) is 2.71. The lowest BCUT2D eigenvalue weighted by Crippen LogP contribution is -1.96. The molecule has 0 aliphatic heterocycles. The maximum atomic E-state index is 4.65. The lowest BCUT2D eigenvalue weighted by atomic mass is 10.3. The molecule has 0 aliphatic carbocycles. The van der Waals surface area contributed by atoms with Crippen LogP contribution < -0.4 is 0 Å². The molecule has 2 nitrogen and oxygen atoms in total. The summed E-state index contributed by atoms with van der Waals surface area (Å²) < 4.78 is 4.63. The number of halogens is 2. The minimum atomic E-state index is -0.121. The summed E-state index contributed by atoms with van der Waals surface area (Å²) in [7, 11) is -0.121. The first-order valence-corrected chi connectivity index (χ1v) is 9.65. The van der Waals surface area contributed by atoms with Gasteiger partial charge >= 0.3 is 0 Å². The van der Waals surface area contributed by atoms with E-state index in [2.05, 4.69) is 103 Å². The molecular weight excluding hydrogens is 459 g/mol. The van der Waals surface area contributed by atoms with Gasteiger partial charge in [0.1, 0.15) is 0 Å². The van der Waals surface area contributed by atoms with Gasteiger partial charge in [0.05, 0.1) is 0 Å². The minimum Gasteiger partial charge on any atom is -0.273 e. The van der Waals surface area contributed by atoms with Gasteiger partial charge in [0.15, 0.2) is 5.65 Å². The minimum absolute atomic E-state index is 0.121. The quantitative estimate of drug-likeness (QED) is 0.349. The third-order valence-corrected chi connectivity index (χ3v) is 7.13. The molecule has 0 radical (unpaired) electrons. The summed E-state index contributed by atoms with van der Waals surface area (Å²) in [5.41, 5.74) is 2.31. The van der Waals surface area contributed by atoms with Crippen molar-refractivity contribution in [2.45, 2.75) is 18.7 Å². The Kier molecular flexibility index (Phi) is 4.51. The number of hydrogen-bond donors (Lipinski definition) is 0. The summed E-state index contributed by atoms with van der Waals surface area (Å²) in [6, 6.07) is 12.8. The second-order valence-electron chi connectivity index (χ2n) is 4.58. The van der Waals surface area contributed by atoms with E-state index in [4.69, 9.17) is 0 Å². The molecule has 2 heterocycles. The summed E-state index contributed by atoms with van der Waals surface area (Å²) in [4.78, 5) is 5.96. The summed E-state index contributed by atoms with van der Waals surface area (Å²) in [5.74, 6) is 0. The fourth-order valence-corrected chi connectivity index (χ4v) is 5.33. The third-order valence-electron chi connectivity index (χ3n) is 3.29. The second-order valence-corrected chi connectivity index (χ2v) is 8.51. The SMILES string of the molecule is C/C=S(\c1ccccc1)n1c(C)c(I)c2cc(Br)cnc21. The predicted molar refractivity (Wildman–Crippen MR) is 104 cm³/mol. The van der Waals surface area contributed by atoms with Crippen molar-refractivity contribution in [3.05, 3.63) is 56.3 Å². The molecule has 21 heavy (non-hydrogen) atoms. The predicted octanol–water partition coefficient (Wildman–Crippen LogP) is 5.63. The smallest absolute Gasteiger partial charge is 0.151 e. The molecule has 0 spiro atoms.